The fraction of sp³-hybridized carbons (Fsp3) is 0.125. The van der Waals surface area contributed by atoms with Crippen molar-refractivity contribution in [3.63, 3.8) is 0 Å². The zero-order valence-electron chi connectivity index (χ0n) is 7.24. The zero-order valence-corrected chi connectivity index (χ0v) is 8.82. The van der Waals surface area contributed by atoms with Crippen LogP contribution >= 0.6 is 15.9 Å². The van der Waals surface area contributed by atoms with E-state index < -0.39 is 34.9 Å². The fourth-order valence-corrected chi connectivity index (χ4v) is 1.66. The topological polar surface area (TPSA) is 104 Å². The van der Waals surface area contributed by atoms with E-state index in [4.69, 9.17) is 15.9 Å². The molecule has 1 aromatic carbocycles. The van der Waals surface area contributed by atoms with Crippen molar-refractivity contribution in [2.24, 2.45) is 5.73 Å². The Kier molecular flexibility index (Phi) is 3.15. The summed E-state index contributed by atoms with van der Waals surface area (Å²) in [5, 5.41) is 26.8. The molecule has 1 unspecified atom stereocenters. The summed E-state index contributed by atoms with van der Waals surface area (Å²) >= 11 is 2.76. The predicted octanol–water partition coefficient (Wildman–Crippen LogP) is 1.08. The first-order valence-electron chi connectivity index (χ1n) is 3.74. The minimum absolute atomic E-state index is 0.269. The Hall–Kier alpha value is -1.34. The third-order valence-electron chi connectivity index (χ3n) is 1.78. The first kappa shape index (κ1) is 11.7. The van der Waals surface area contributed by atoms with Crippen LogP contribution in [-0.2, 0) is 4.79 Å². The maximum atomic E-state index is 13.3. The molecule has 82 valence electrons. The van der Waals surface area contributed by atoms with Crippen molar-refractivity contribution in [1.82, 2.24) is 0 Å². The minimum Gasteiger partial charge on any atom is -0.504 e. The number of carbonyl (C=O) groups is 1. The van der Waals surface area contributed by atoms with Crippen LogP contribution in [0.5, 0.6) is 11.5 Å². The second-order valence-corrected chi connectivity index (χ2v) is 3.56. The summed E-state index contributed by atoms with van der Waals surface area (Å²) in [6, 6.07) is -1.02. The molecule has 0 saturated heterocycles. The summed E-state index contributed by atoms with van der Waals surface area (Å²) in [5.41, 5.74) is 4.78. The van der Waals surface area contributed by atoms with E-state index in [1.165, 1.54) is 0 Å². The first-order valence-corrected chi connectivity index (χ1v) is 4.53. The average Bonchev–Trinajstić information content (AvgIpc) is 2.14. The van der Waals surface area contributed by atoms with Gasteiger partial charge in [-0.3, -0.25) is 4.79 Å². The number of carboxylic acid groups (broad SMARTS) is 1. The second-order valence-electron chi connectivity index (χ2n) is 2.77. The summed E-state index contributed by atoms with van der Waals surface area (Å²) in [6.45, 7) is 0. The molecule has 0 bridgehead atoms. The highest BCUT2D eigenvalue weighted by atomic mass is 79.9. The number of hydrogen-bond acceptors (Lipinski definition) is 4. The minimum atomic E-state index is -1.62. The summed E-state index contributed by atoms with van der Waals surface area (Å²) in [6.07, 6.45) is 0. The van der Waals surface area contributed by atoms with Gasteiger partial charge in [0.15, 0.2) is 11.5 Å². The Morgan fingerprint density at radius 3 is 2.53 bits per heavy atom. The summed E-state index contributed by atoms with van der Waals surface area (Å²) in [7, 11) is 0. The van der Waals surface area contributed by atoms with Crippen LogP contribution in [0.15, 0.2) is 10.5 Å². The van der Waals surface area contributed by atoms with E-state index in [1.807, 2.05) is 0 Å². The molecule has 1 aromatic rings. The monoisotopic (exact) mass is 279 g/mol. The molecule has 7 heteroatoms. The fourth-order valence-electron chi connectivity index (χ4n) is 1.02. The van der Waals surface area contributed by atoms with Gasteiger partial charge < -0.3 is 21.1 Å². The Morgan fingerprint density at radius 2 is 2.07 bits per heavy atom. The van der Waals surface area contributed by atoms with Gasteiger partial charge in [0.25, 0.3) is 0 Å². The number of rotatable bonds is 2. The van der Waals surface area contributed by atoms with E-state index in [1.54, 1.807) is 0 Å². The van der Waals surface area contributed by atoms with Gasteiger partial charge in [-0.15, -0.1) is 0 Å². The summed E-state index contributed by atoms with van der Waals surface area (Å²) in [5.74, 6) is -3.80. The molecule has 0 amide bonds. The molecule has 0 fully saturated rings. The maximum absolute atomic E-state index is 13.3. The van der Waals surface area contributed by atoms with E-state index in [9.17, 15) is 14.3 Å². The van der Waals surface area contributed by atoms with Gasteiger partial charge in [0.05, 0.1) is 4.47 Å². The van der Waals surface area contributed by atoms with Gasteiger partial charge in [-0.2, -0.15) is 0 Å². The van der Waals surface area contributed by atoms with E-state index in [0.717, 1.165) is 0 Å². The van der Waals surface area contributed by atoms with Crippen molar-refractivity contribution < 1.29 is 24.5 Å². The van der Waals surface area contributed by atoms with Gasteiger partial charge >= 0.3 is 5.97 Å². The number of aliphatic carboxylic acids is 1. The molecule has 0 saturated carbocycles. The van der Waals surface area contributed by atoms with Crippen LogP contribution in [0, 0.1) is 5.82 Å². The molecule has 1 atom stereocenters. The van der Waals surface area contributed by atoms with Gasteiger partial charge in [-0.25, -0.2) is 4.39 Å². The average molecular weight is 280 g/mol. The predicted molar refractivity (Wildman–Crippen MR) is 52.0 cm³/mol. The lowest BCUT2D eigenvalue weighted by Crippen LogP contribution is -2.22. The van der Waals surface area contributed by atoms with Crippen LogP contribution in [0.1, 0.15) is 11.6 Å². The SMILES string of the molecule is NC(C(=O)O)c1c(F)cc(O)c(O)c1Br. The van der Waals surface area contributed by atoms with Gasteiger partial charge in [0.2, 0.25) is 0 Å². The third kappa shape index (κ3) is 2.02. The van der Waals surface area contributed by atoms with Crippen LogP contribution in [0.4, 0.5) is 4.39 Å². The smallest absolute Gasteiger partial charge is 0.325 e. The Balaban J connectivity index is 3.42. The number of nitrogens with two attached hydrogens (primary N) is 1. The van der Waals surface area contributed by atoms with Crippen LogP contribution in [0.2, 0.25) is 0 Å². The molecule has 0 aliphatic heterocycles. The number of phenolic OH excluding ortho intramolecular Hbond substituents is 2. The van der Waals surface area contributed by atoms with E-state index in [2.05, 4.69) is 15.9 Å². The van der Waals surface area contributed by atoms with Crippen molar-refractivity contribution in [1.29, 1.82) is 0 Å². The molecular weight excluding hydrogens is 273 g/mol. The molecular formula is C8H7BrFNO4. The molecule has 0 aromatic heterocycles. The number of benzene rings is 1. The highest BCUT2D eigenvalue weighted by Crippen LogP contribution is 2.39. The van der Waals surface area contributed by atoms with Gasteiger partial charge in [-0.05, 0) is 15.9 Å². The normalized spacial score (nSPS) is 12.5. The lowest BCUT2D eigenvalue weighted by molar-refractivity contribution is -0.138. The van der Waals surface area contributed by atoms with Crippen molar-refractivity contribution in [3.8, 4) is 11.5 Å². The van der Waals surface area contributed by atoms with Crippen molar-refractivity contribution in [2.45, 2.75) is 6.04 Å². The molecule has 0 spiro atoms. The van der Waals surface area contributed by atoms with Crippen LogP contribution in [0.25, 0.3) is 0 Å². The summed E-state index contributed by atoms with van der Waals surface area (Å²) < 4.78 is 13.0. The first-order chi connectivity index (χ1) is 6.86. The lowest BCUT2D eigenvalue weighted by atomic mass is 10.1. The number of carboxylic acids is 1. The van der Waals surface area contributed by atoms with Gasteiger partial charge in [0, 0.05) is 11.6 Å². The molecule has 15 heavy (non-hydrogen) atoms. The van der Waals surface area contributed by atoms with Gasteiger partial charge in [-0.1, -0.05) is 0 Å². The van der Waals surface area contributed by atoms with Crippen LogP contribution < -0.4 is 5.73 Å². The molecule has 0 aliphatic carbocycles. The quantitative estimate of drug-likeness (QED) is 0.607. The third-order valence-corrected chi connectivity index (χ3v) is 2.59. The molecule has 0 radical (unpaired) electrons. The summed E-state index contributed by atoms with van der Waals surface area (Å²) in [4.78, 5) is 10.5. The van der Waals surface area contributed by atoms with Crippen molar-refractivity contribution in [2.75, 3.05) is 0 Å². The molecule has 0 aliphatic rings. The van der Waals surface area contributed by atoms with E-state index >= 15 is 0 Å². The maximum Gasteiger partial charge on any atom is 0.325 e. The Bertz CT molecular complexity index is 424. The second kappa shape index (κ2) is 4.03. The number of hydrogen-bond donors (Lipinski definition) is 4. The van der Waals surface area contributed by atoms with E-state index in [-0.39, 0.29) is 4.47 Å². The highest BCUT2D eigenvalue weighted by molar-refractivity contribution is 9.10. The highest BCUT2D eigenvalue weighted by Gasteiger charge is 2.25. The Morgan fingerprint density at radius 1 is 1.53 bits per heavy atom. The standard InChI is InChI=1S/C8H7BrFNO4/c9-5-4(6(11)8(14)15)2(10)1-3(12)7(5)13/h1,6,12-13H,11H2,(H,14,15). The molecule has 1 rings (SSSR count). The number of aromatic hydroxyl groups is 2. The van der Waals surface area contributed by atoms with Crippen LogP contribution in [0.3, 0.4) is 0 Å². The molecule has 0 heterocycles. The Labute approximate surface area is 92.1 Å². The largest absolute Gasteiger partial charge is 0.504 e. The number of halogens is 2. The molecule has 5 nitrogen and oxygen atoms in total. The van der Waals surface area contributed by atoms with Gasteiger partial charge in [0.1, 0.15) is 11.9 Å². The zero-order chi connectivity index (χ0) is 11.7. The van der Waals surface area contributed by atoms with E-state index in [0.29, 0.717) is 6.07 Å². The van der Waals surface area contributed by atoms with Crippen molar-refractivity contribution >= 4 is 21.9 Å². The van der Waals surface area contributed by atoms with Crippen LogP contribution in [-0.4, -0.2) is 21.3 Å². The molecule has 5 N–H and O–H groups in total. The van der Waals surface area contributed by atoms with Crippen molar-refractivity contribution in [3.05, 3.63) is 21.9 Å². The lowest BCUT2D eigenvalue weighted by Gasteiger charge is -2.12. The number of phenols is 2.